The molecule has 0 radical (unpaired) electrons. The van der Waals surface area contributed by atoms with Crippen molar-refractivity contribution in [1.82, 2.24) is 0 Å². The summed E-state index contributed by atoms with van der Waals surface area (Å²) in [5, 5.41) is 12.4. The number of hydrogen-bond acceptors (Lipinski definition) is 3. The number of anilines is 1. The predicted octanol–water partition coefficient (Wildman–Crippen LogP) is 3.14. The van der Waals surface area contributed by atoms with Crippen molar-refractivity contribution in [3.05, 3.63) is 35.5 Å². The quantitative estimate of drug-likeness (QED) is 0.607. The highest BCUT2D eigenvalue weighted by atomic mass is 16.3. The molecule has 0 bridgehead atoms. The maximum atomic E-state index is 11.6. The van der Waals surface area contributed by atoms with E-state index >= 15 is 0 Å². The fraction of sp³-hybridized carbons (Fsp3) is 0.357. The van der Waals surface area contributed by atoms with E-state index in [1.807, 2.05) is 13.0 Å². The second-order valence-corrected chi connectivity index (χ2v) is 4.44. The maximum Gasteiger partial charge on any atom is 0.160 e. The summed E-state index contributed by atoms with van der Waals surface area (Å²) in [6.45, 7) is 1.92. The Morgan fingerprint density at radius 3 is 2.76 bits per heavy atom. The molecule has 1 aromatic carbocycles. The van der Waals surface area contributed by atoms with Gasteiger partial charge in [-0.15, -0.1) is 0 Å². The Hall–Kier alpha value is -1.77. The number of rotatable bonds is 2. The standard InChI is InChI=1S/C14H17NO2/c1-10-8-12(16)6-7-13(10)15-9-11-4-2-3-5-14(11)17/h6-9,15-16H,2-5H2,1H3/b11-9+. The van der Waals surface area contributed by atoms with Crippen LogP contribution in [0.4, 0.5) is 5.69 Å². The number of ketones is 1. The van der Waals surface area contributed by atoms with Gasteiger partial charge < -0.3 is 10.4 Å². The van der Waals surface area contributed by atoms with Crippen molar-refractivity contribution in [2.45, 2.75) is 32.6 Å². The zero-order valence-corrected chi connectivity index (χ0v) is 9.99. The lowest BCUT2D eigenvalue weighted by atomic mass is 9.94. The normalized spacial score (nSPS) is 18.4. The highest BCUT2D eigenvalue weighted by Crippen LogP contribution is 2.23. The van der Waals surface area contributed by atoms with E-state index in [0.717, 1.165) is 36.1 Å². The van der Waals surface area contributed by atoms with Gasteiger partial charge in [-0.2, -0.15) is 0 Å². The molecule has 1 fully saturated rings. The van der Waals surface area contributed by atoms with E-state index in [4.69, 9.17) is 0 Å². The maximum absolute atomic E-state index is 11.6. The van der Waals surface area contributed by atoms with E-state index < -0.39 is 0 Å². The fourth-order valence-corrected chi connectivity index (χ4v) is 2.03. The monoisotopic (exact) mass is 231 g/mol. The van der Waals surface area contributed by atoms with Gasteiger partial charge in [0.05, 0.1) is 0 Å². The highest BCUT2D eigenvalue weighted by molar-refractivity contribution is 5.96. The lowest BCUT2D eigenvalue weighted by Gasteiger charge is -2.13. The average Bonchev–Trinajstić information content (AvgIpc) is 2.30. The summed E-state index contributed by atoms with van der Waals surface area (Å²) in [4.78, 5) is 11.6. The van der Waals surface area contributed by atoms with Crippen molar-refractivity contribution in [2.75, 3.05) is 5.32 Å². The van der Waals surface area contributed by atoms with Gasteiger partial charge in [0.15, 0.2) is 5.78 Å². The number of phenolic OH excluding ortho intramolecular Hbond substituents is 1. The first-order valence-electron chi connectivity index (χ1n) is 5.95. The van der Waals surface area contributed by atoms with Crippen LogP contribution in [0.5, 0.6) is 5.75 Å². The van der Waals surface area contributed by atoms with Crippen LogP contribution in [0.2, 0.25) is 0 Å². The molecule has 1 aliphatic carbocycles. The van der Waals surface area contributed by atoms with Crippen LogP contribution in [0, 0.1) is 6.92 Å². The zero-order chi connectivity index (χ0) is 12.3. The number of aromatic hydroxyl groups is 1. The molecule has 0 atom stereocenters. The largest absolute Gasteiger partial charge is 0.508 e. The number of hydrogen-bond donors (Lipinski definition) is 2. The Morgan fingerprint density at radius 1 is 1.29 bits per heavy atom. The fourth-order valence-electron chi connectivity index (χ4n) is 2.03. The number of phenols is 1. The number of allylic oxidation sites excluding steroid dienone is 1. The van der Waals surface area contributed by atoms with E-state index in [-0.39, 0.29) is 11.5 Å². The second-order valence-electron chi connectivity index (χ2n) is 4.44. The molecule has 0 unspecified atom stereocenters. The summed E-state index contributed by atoms with van der Waals surface area (Å²) < 4.78 is 0. The van der Waals surface area contributed by atoms with E-state index in [0.29, 0.717) is 6.42 Å². The van der Waals surface area contributed by atoms with Gasteiger partial charge in [-0.25, -0.2) is 0 Å². The van der Waals surface area contributed by atoms with Crippen molar-refractivity contribution in [2.24, 2.45) is 0 Å². The molecular formula is C14H17NO2. The van der Waals surface area contributed by atoms with Gasteiger partial charge in [0.25, 0.3) is 0 Å². The van der Waals surface area contributed by atoms with Crippen LogP contribution in [-0.2, 0) is 4.79 Å². The van der Waals surface area contributed by atoms with Crippen LogP contribution in [0.1, 0.15) is 31.2 Å². The van der Waals surface area contributed by atoms with Crippen molar-refractivity contribution < 1.29 is 9.90 Å². The van der Waals surface area contributed by atoms with Gasteiger partial charge in [0.1, 0.15) is 5.75 Å². The first-order chi connectivity index (χ1) is 8.16. The van der Waals surface area contributed by atoms with Crippen molar-refractivity contribution in [1.29, 1.82) is 0 Å². The van der Waals surface area contributed by atoms with Crippen LogP contribution < -0.4 is 5.32 Å². The second kappa shape index (κ2) is 5.04. The zero-order valence-electron chi connectivity index (χ0n) is 9.99. The SMILES string of the molecule is Cc1cc(O)ccc1N/C=C1\CCCCC1=O. The van der Waals surface area contributed by atoms with Crippen LogP contribution >= 0.6 is 0 Å². The minimum absolute atomic E-state index is 0.250. The molecule has 1 saturated carbocycles. The van der Waals surface area contributed by atoms with Gasteiger partial charge in [0.2, 0.25) is 0 Å². The number of aryl methyl sites for hydroxylation is 1. The Kier molecular flexibility index (Phi) is 3.47. The average molecular weight is 231 g/mol. The van der Waals surface area contributed by atoms with Gasteiger partial charge in [-0.1, -0.05) is 0 Å². The molecule has 3 heteroatoms. The summed E-state index contributed by atoms with van der Waals surface area (Å²) >= 11 is 0. The minimum Gasteiger partial charge on any atom is -0.508 e. The van der Waals surface area contributed by atoms with Crippen LogP contribution in [-0.4, -0.2) is 10.9 Å². The molecular weight excluding hydrogens is 214 g/mol. The van der Waals surface area contributed by atoms with Crippen molar-refractivity contribution >= 4 is 11.5 Å². The number of carbonyl (C=O) groups excluding carboxylic acids is 1. The first kappa shape index (κ1) is 11.7. The molecule has 0 aliphatic heterocycles. The van der Waals surface area contributed by atoms with Gasteiger partial charge >= 0.3 is 0 Å². The smallest absolute Gasteiger partial charge is 0.160 e. The molecule has 0 aromatic heterocycles. The van der Waals surface area contributed by atoms with E-state index in [1.165, 1.54) is 0 Å². The van der Waals surface area contributed by atoms with Gasteiger partial charge in [-0.05, 0) is 49.9 Å². The number of nitrogens with one attached hydrogen (secondary N) is 1. The van der Waals surface area contributed by atoms with Gasteiger partial charge in [-0.3, -0.25) is 4.79 Å². The number of carbonyl (C=O) groups is 1. The van der Waals surface area contributed by atoms with E-state index in [1.54, 1.807) is 18.3 Å². The Bertz CT molecular complexity index is 463. The molecule has 3 nitrogen and oxygen atoms in total. The Balaban J connectivity index is 2.10. The minimum atomic E-state index is 0.250. The summed E-state index contributed by atoms with van der Waals surface area (Å²) in [5.41, 5.74) is 2.77. The molecule has 17 heavy (non-hydrogen) atoms. The lowest BCUT2D eigenvalue weighted by Crippen LogP contribution is -2.10. The third-order valence-electron chi connectivity index (χ3n) is 3.07. The molecule has 0 saturated heterocycles. The Morgan fingerprint density at radius 2 is 2.06 bits per heavy atom. The molecule has 1 aliphatic rings. The Labute approximate surface area is 101 Å². The third-order valence-corrected chi connectivity index (χ3v) is 3.07. The third kappa shape index (κ3) is 2.87. The van der Waals surface area contributed by atoms with Crippen molar-refractivity contribution in [3.63, 3.8) is 0 Å². The van der Waals surface area contributed by atoms with Crippen molar-refractivity contribution in [3.8, 4) is 5.75 Å². The summed E-state index contributed by atoms with van der Waals surface area (Å²) in [6, 6.07) is 5.15. The summed E-state index contributed by atoms with van der Waals surface area (Å²) in [5.74, 6) is 0.509. The molecule has 0 spiro atoms. The predicted molar refractivity (Wildman–Crippen MR) is 68.0 cm³/mol. The van der Waals surface area contributed by atoms with Crippen LogP contribution in [0.15, 0.2) is 30.0 Å². The first-order valence-corrected chi connectivity index (χ1v) is 5.95. The molecule has 0 amide bonds. The van der Waals surface area contributed by atoms with Gasteiger partial charge in [0, 0.05) is 23.9 Å². The summed E-state index contributed by atoms with van der Waals surface area (Å²) in [6.07, 6.45) is 5.44. The molecule has 2 N–H and O–H groups in total. The molecule has 0 heterocycles. The molecule has 1 aromatic rings. The highest BCUT2D eigenvalue weighted by Gasteiger charge is 2.14. The molecule has 2 rings (SSSR count). The van der Waals surface area contributed by atoms with E-state index in [9.17, 15) is 9.90 Å². The summed E-state index contributed by atoms with van der Waals surface area (Å²) in [7, 11) is 0. The molecule has 90 valence electrons. The lowest BCUT2D eigenvalue weighted by molar-refractivity contribution is -0.116. The number of Topliss-reactive ketones (excluding diaryl/α,β-unsaturated/α-hetero) is 1. The van der Waals surface area contributed by atoms with E-state index in [2.05, 4.69) is 5.32 Å². The van der Waals surface area contributed by atoms with Crippen LogP contribution in [0.3, 0.4) is 0 Å². The number of benzene rings is 1. The van der Waals surface area contributed by atoms with Crippen LogP contribution in [0.25, 0.3) is 0 Å². The topological polar surface area (TPSA) is 49.3 Å².